The van der Waals surface area contributed by atoms with Gasteiger partial charge >= 0.3 is 0 Å². The highest BCUT2D eigenvalue weighted by Gasteiger charge is 2.27. The van der Waals surface area contributed by atoms with Crippen LogP contribution in [0.3, 0.4) is 0 Å². The Morgan fingerprint density at radius 1 is 1.21 bits per heavy atom. The monoisotopic (exact) mass is 329 g/mol. The van der Waals surface area contributed by atoms with Gasteiger partial charge in [0.1, 0.15) is 11.9 Å². The molecule has 24 heavy (non-hydrogen) atoms. The van der Waals surface area contributed by atoms with Crippen molar-refractivity contribution in [3.8, 4) is 5.75 Å². The molecule has 1 heterocycles. The summed E-state index contributed by atoms with van der Waals surface area (Å²) in [6, 6.07) is 4.85. The molecule has 0 radical (unpaired) electrons. The van der Waals surface area contributed by atoms with Crippen molar-refractivity contribution in [3.05, 3.63) is 23.9 Å². The van der Waals surface area contributed by atoms with Crippen LogP contribution in [-0.2, 0) is 0 Å². The molecule has 1 aliphatic carbocycles. The van der Waals surface area contributed by atoms with Crippen molar-refractivity contribution in [2.24, 2.45) is 0 Å². The van der Waals surface area contributed by atoms with Crippen LogP contribution in [0.5, 0.6) is 5.75 Å². The van der Waals surface area contributed by atoms with Gasteiger partial charge < -0.3 is 9.64 Å². The Bertz CT molecular complexity index is 645. The van der Waals surface area contributed by atoms with E-state index in [1.54, 1.807) is 0 Å². The van der Waals surface area contributed by atoms with Gasteiger partial charge in [-0.25, -0.2) is 0 Å². The van der Waals surface area contributed by atoms with E-state index in [0.717, 1.165) is 17.7 Å². The van der Waals surface area contributed by atoms with E-state index >= 15 is 0 Å². The number of rotatable bonds is 7. The van der Waals surface area contributed by atoms with Crippen LogP contribution in [0.15, 0.2) is 18.3 Å². The summed E-state index contributed by atoms with van der Waals surface area (Å²) in [5.41, 5.74) is 2.28. The Kier molecular flexibility index (Phi) is 5.77. The maximum Gasteiger partial charge on any atom is 0.123 e. The fraction of sp³-hybridized carbons (Fsp3) is 0.650. The lowest BCUT2D eigenvalue weighted by Gasteiger charge is -2.37. The number of nitrogens with zero attached hydrogens (tertiary/aromatic N) is 2. The van der Waals surface area contributed by atoms with Gasteiger partial charge in [0.05, 0.1) is 11.7 Å². The first kappa shape index (κ1) is 17.3. The van der Waals surface area contributed by atoms with Crippen molar-refractivity contribution in [2.75, 3.05) is 13.1 Å². The van der Waals surface area contributed by atoms with E-state index in [9.17, 15) is 0 Å². The highest BCUT2D eigenvalue weighted by molar-refractivity contribution is 5.83. The number of fused-ring (bicyclic) bond motifs is 1. The van der Waals surface area contributed by atoms with Gasteiger partial charge in [-0.15, -0.1) is 0 Å². The van der Waals surface area contributed by atoms with Gasteiger partial charge in [-0.2, -0.15) is 5.10 Å². The number of aryl methyl sites for hydroxylation is 1. The highest BCUT2D eigenvalue weighted by atomic mass is 16.5. The third kappa shape index (κ3) is 3.75. The van der Waals surface area contributed by atoms with Crippen LogP contribution >= 0.6 is 0 Å². The highest BCUT2D eigenvalue weighted by Crippen LogP contribution is 2.31. The molecule has 1 N–H and O–H groups in total. The summed E-state index contributed by atoms with van der Waals surface area (Å²) in [5, 5.41) is 8.33. The molecule has 3 rings (SSSR count). The Morgan fingerprint density at radius 2 is 2.00 bits per heavy atom. The van der Waals surface area contributed by atoms with E-state index in [1.807, 2.05) is 6.20 Å². The summed E-state index contributed by atoms with van der Waals surface area (Å²) in [4.78, 5) is 2.68. The molecule has 2 aromatic rings. The minimum atomic E-state index is 0.336. The molecule has 4 nitrogen and oxygen atoms in total. The summed E-state index contributed by atoms with van der Waals surface area (Å²) in [6.07, 6.45) is 9.62. The second-order valence-corrected chi connectivity index (χ2v) is 7.12. The molecular weight excluding hydrogens is 298 g/mol. The average molecular weight is 329 g/mol. The van der Waals surface area contributed by atoms with E-state index in [2.05, 4.69) is 48.0 Å². The maximum atomic E-state index is 6.43. The van der Waals surface area contributed by atoms with Crippen LogP contribution in [0.1, 0.15) is 57.9 Å². The Hall–Kier alpha value is -1.55. The van der Waals surface area contributed by atoms with E-state index in [4.69, 9.17) is 4.74 Å². The van der Waals surface area contributed by atoms with E-state index in [-0.39, 0.29) is 0 Å². The minimum Gasteiger partial charge on any atom is -0.490 e. The fourth-order valence-electron chi connectivity index (χ4n) is 4.06. The van der Waals surface area contributed by atoms with Gasteiger partial charge in [0.25, 0.3) is 0 Å². The first-order chi connectivity index (χ1) is 11.7. The summed E-state index contributed by atoms with van der Waals surface area (Å²) in [7, 11) is 0. The number of H-pyrrole nitrogens is 1. The summed E-state index contributed by atoms with van der Waals surface area (Å²) in [5.74, 6) is 1.02. The lowest BCUT2D eigenvalue weighted by atomic mass is 9.91. The largest absolute Gasteiger partial charge is 0.490 e. The lowest BCUT2D eigenvalue weighted by molar-refractivity contribution is 0.0757. The Labute approximate surface area is 145 Å². The number of ether oxygens (including phenoxy) is 1. The zero-order chi connectivity index (χ0) is 16.9. The van der Waals surface area contributed by atoms with Gasteiger partial charge in [-0.1, -0.05) is 13.8 Å². The molecule has 0 saturated heterocycles. The fourth-order valence-corrected chi connectivity index (χ4v) is 4.06. The predicted molar refractivity (Wildman–Crippen MR) is 99.7 cm³/mol. The first-order valence-electron chi connectivity index (χ1n) is 9.56. The Balaban J connectivity index is 1.68. The molecule has 0 unspecified atom stereocenters. The zero-order valence-corrected chi connectivity index (χ0v) is 15.3. The van der Waals surface area contributed by atoms with Crippen LogP contribution < -0.4 is 4.74 Å². The first-order valence-corrected chi connectivity index (χ1v) is 9.56. The second-order valence-electron chi connectivity index (χ2n) is 7.12. The second kappa shape index (κ2) is 8.02. The molecule has 4 heteroatoms. The molecule has 1 fully saturated rings. The molecule has 2 atom stereocenters. The Morgan fingerprint density at radius 3 is 2.75 bits per heavy atom. The van der Waals surface area contributed by atoms with Gasteiger partial charge in [0.15, 0.2) is 0 Å². The van der Waals surface area contributed by atoms with Crippen LogP contribution in [0, 0.1) is 6.92 Å². The number of aromatic amines is 1. The molecule has 0 amide bonds. The van der Waals surface area contributed by atoms with Gasteiger partial charge in [-0.3, -0.25) is 5.10 Å². The van der Waals surface area contributed by atoms with Crippen LogP contribution in [0.2, 0.25) is 0 Å². The number of benzene rings is 1. The maximum absolute atomic E-state index is 6.43. The summed E-state index contributed by atoms with van der Waals surface area (Å²) in [6.45, 7) is 9.12. The molecule has 0 bridgehead atoms. The van der Waals surface area contributed by atoms with Crippen LogP contribution in [0.4, 0.5) is 0 Å². The van der Waals surface area contributed by atoms with Crippen LogP contribution in [-0.4, -0.2) is 40.3 Å². The molecule has 1 aromatic heterocycles. The van der Waals surface area contributed by atoms with Crippen molar-refractivity contribution < 1.29 is 4.74 Å². The van der Waals surface area contributed by atoms with E-state index < -0.39 is 0 Å². The number of hydrogen-bond donors (Lipinski definition) is 1. The normalized spacial score (nSPS) is 21.5. The van der Waals surface area contributed by atoms with Crippen molar-refractivity contribution in [3.63, 3.8) is 0 Å². The van der Waals surface area contributed by atoms with Gasteiger partial charge in [-0.05, 0) is 70.7 Å². The summed E-state index contributed by atoms with van der Waals surface area (Å²) >= 11 is 0. The van der Waals surface area contributed by atoms with E-state index in [1.165, 1.54) is 56.1 Å². The van der Waals surface area contributed by atoms with Crippen LogP contribution in [0.25, 0.3) is 10.9 Å². The smallest absolute Gasteiger partial charge is 0.123 e. The lowest BCUT2D eigenvalue weighted by Crippen LogP contribution is -2.42. The van der Waals surface area contributed by atoms with Crippen molar-refractivity contribution in [1.82, 2.24) is 15.1 Å². The third-order valence-corrected chi connectivity index (χ3v) is 5.27. The average Bonchev–Trinajstić information content (AvgIpc) is 3.07. The SMILES string of the molecule is CCCN(CCC)[C@@H]1CCC[C@@H](Oc2ccc3[nH]ncc3c2C)C1. The summed E-state index contributed by atoms with van der Waals surface area (Å²) < 4.78 is 6.43. The van der Waals surface area contributed by atoms with E-state index in [0.29, 0.717) is 12.1 Å². The number of nitrogens with one attached hydrogen (secondary N) is 1. The predicted octanol–water partition coefficient (Wildman–Crippen LogP) is 4.68. The number of hydrogen-bond acceptors (Lipinski definition) is 3. The third-order valence-electron chi connectivity index (χ3n) is 5.27. The zero-order valence-electron chi connectivity index (χ0n) is 15.3. The molecule has 0 spiro atoms. The van der Waals surface area contributed by atoms with Crippen molar-refractivity contribution in [2.45, 2.75) is 71.4 Å². The molecular formula is C20H31N3O. The molecule has 132 valence electrons. The minimum absolute atomic E-state index is 0.336. The van der Waals surface area contributed by atoms with Gasteiger partial charge in [0, 0.05) is 17.0 Å². The molecule has 1 aliphatic rings. The standard InChI is InChI=1S/C20H31N3O/c1-4-11-23(12-5-2)16-7-6-8-17(13-16)24-20-10-9-19-18(15(20)3)14-21-22-19/h9-10,14,16-17H,4-8,11-13H2,1-3H3,(H,21,22)/t16-,17-/m1/s1. The topological polar surface area (TPSA) is 41.1 Å². The van der Waals surface area contributed by atoms with Gasteiger partial charge in [0.2, 0.25) is 0 Å². The quantitative estimate of drug-likeness (QED) is 0.801. The molecule has 0 aliphatic heterocycles. The van der Waals surface area contributed by atoms with Crippen molar-refractivity contribution >= 4 is 10.9 Å². The molecule has 1 saturated carbocycles. The molecule has 1 aromatic carbocycles. The van der Waals surface area contributed by atoms with Crippen molar-refractivity contribution in [1.29, 1.82) is 0 Å². The number of aromatic nitrogens is 2.